The van der Waals surface area contributed by atoms with Crippen LogP contribution in [-0.2, 0) is 17.8 Å². The number of ether oxygens (including phenoxy) is 1. The minimum absolute atomic E-state index is 0.0528. The Balaban J connectivity index is 1.32. The Morgan fingerprint density at radius 3 is 2.58 bits per heavy atom. The summed E-state index contributed by atoms with van der Waals surface area (Å²) < 4.78 is 11.4. The van der Waals surface area contributed by atoms with Gasteiger partial charge in [-0.15, -0.1) is 0 Å². The molecular formula is C26H29N3O4. The van der Waals surface area contributed by atoms with Crippen molar-refractivity contribution in [3.8, 4) is 5.75 Å². The number of likely N-dealkylation sites (N-methyl/N-ethyl adjacent to an activating group) is 1. The van der Waals surface area contributed by atoms with Crippen LogP contribution in [0.5, 0.6) is 5.75 Å². The predicted molar refractivity (Wildman–Crippen MR) is 125 cm³/mol. The molecule has 2 saturated heterocycles. The maximum atomic E-state index is 13.4. The molecule has 2 aliphatic heterocycles. The first-order valence-corrected chi connectivity index (χ1v) is 11.4. The number of piperidine rings is 1. The van der Waals surface area contributed by atoms with E-state index in [0.29, 0.717) is 6.42 Å². The zero-order valence-electron chi connectivity index (χ0n) is 19.0. The number of furan rings is 1. The van der Waals surface area contributed by atoms with Crippen molar-refractivity contribution in [1.82, 2.24) is 15.1 Å². The van der Waals surface area contributed by atoms with Crippen molar-refractivity contribution in [2.45, 2.75) is 31.3 Å². The van der Waals surface area contributed by atoms with Gasteiger partial charge >= 0.3 is 6.03 Å². The fraction of sp³-hybridized carbons (Fsp3) is 0.385. The molecule has 7 heteroatoms. The van der Waals surface area contributed by atoms with Crippen molar-refractivity contribution in [3.63, 3.8) is 0 Å². The van der Waals surface area contributed by atoms with Gasteiger partial charge in [0.2, 0.25) is 0 Å². The fourth-order valence-electron chi connectivity index (χ4n) is 5.28. The molecule has 2 fully saturated rings. The lowest BCUT2D eigenvalue weighted by Crippen LogP contribution is -2.57. The van der Waals surface area contributed by atoms with E-state index < -0.39 is 5.54 Å². The lowest BCUT2D eigenvalue weighted by molar-refractivity contribution is -0.133. The van der Waals surface area contributed by atoms with Gasteiger partial charge in [0.15, 0.2) is 0 Å². The molecule has 0 aliphatic carbocycles. The minimum Gasteiger partial charge on any atom is -0.497 e. The SMILES string of the molecule is COc1cccc(CC2(C3CCN(Cc4cc5ccccc5o4)CC3)NC(=O)N(C)C2=O)c1. The van der Waals surface area contributed by atoms with Crippen LogP contribution >= 0.6 is 0 Å². The minimum atomic E-state index is -0.927. The lowest BCUT2D eigenvalue weighted by Gasteiger charge is -2.40. The average molecular weight is 448 g/mol. The van der Waals surface area contributed by atoms with Crippen molar-refractivity contribution in [1.29, 1.82) is 0 Å². The topological polar surface area (TPSA) is 75.0 Å². The maximum Gasteiger partial charge on any atom is 0.324 e. The molecular weight excluding hydrogens is 418 g/mol. The van der Waals surface area contributed by atoms with Gasteiger partial charge in [-0.25, -0.2) is 4.79 Å². The van der Waals surface area contributed by atoms with Crippen LogP contribution in [0.25, 0.3) is 11.0 Å². The third-order valence-electron chi connectivity index (χ3n) is 7.08. The smallest absolute Gasteiger partial charge is 0.324 e. The zero-order chi connectivity index (χ0) is 23.0. The summed E-state index contributed by atoms with van der Waals surface area (Å²) in [6, 6.07) is 17.5. The van der Waals surface area contributed by atoms with Gasteiger partial charge in [-0.3, -0.25) is 14.6 Å². The zero-order valence-corrected chi connectivity index (χ0v) is 19.0. The van der Waals surface area contributed by atoms with Crippen LogP contribution in [-0.4, -0.2) is 54.5 Å². The first-order chi connectivity index (χ1) is 16.0. The van der Waals surface area contributed by atoms with Gasteiger partial charge in [0, 0.05) is 18.9 Å². The Hall–Kier alpha value is -3.32. The normalized spacial score (nSPS) is 22.2. The summed E-state index contributed by atoms with van der Waals surface area (Å²) in [5.74, 6) is 1.60. The van der Waals surface area contributed by atoms with E-state index in [1.54, 1.807) is 14.2 Å². The van der Waals surface area contributed by atoms with Crippen LogP contribution in [0, 0.1) is 5.92 Å². The number of carbonyl (C=O) groups excluding carboxylic acids is 2. The molecule has 2 aliphatic rings. The summed E-state index contributed by atoms with van der Waals surface area (Å²) in [5.41, 5.74) is 0.953. The molecule has 5 rings (SSSR count). The quantitative estimate of drug-likeness (QED) is 0.582. The number of hydrogen-bond donors (Lipinski definition) is 1. The highest BCUT2D eigenvalue weighted by Gasteiger charge is 2.54. The van der Waals surface area contributed by atoms with Gasteiger partial charge in [-0.05, 0) is 61.7 Å². The number of imide groups is 1. The van der Waals surface area contributed by atoms with Crippen molar-refractivity contribution in [2.24, 2.45) is 5.92 Å². The first-order valence-electron chi connectivity index (χ1n) is 11.4. The summed E-state index contributed by atoms with van der Waals surface area (Å²) in [4.78, 5) is 29.4. The largest absolute Gasteiger partial charge is 0.497 e. The van der Waals surface area contributed by atoms with Crippen molar-refractivity contribution in [2.75, 3.05) is 27.2 Å². The molecule has 0 radical (unpaired) electrons. The van der Waals surface area contributed by atoms with E-state index in [1.165, 1.54) is 4.90 Å². The summed E-state index contributed by atoms with van der Waals surface area (Å²) in [7, 11) is 3.19. The van der Waals surface area contributed by atoms with E-state index >= 15 is 0 Å². The molecule has 172 valence electrons. The number of amides is 3. The molecule has 0 spiro atoms. The predicted octanol–water partition coefficient (Wildman–Crippen LogP) is 3.82. The average Bonchev–Trinajstić information content (AvgIpc) is 3.34. The second kappa shape index (κ2) is 8.56. The molecule has 1 atom stereocenters. The van der Waals surface area contributed by atoms with E-state index in [0.717, 1.165) is 60.5 Å². The van der Waals surface area contributed by atoms with Crippen LogP contribution in [0.1, 0.15) is 24.2 Å². The van der Waals surface area contributed by atoms with E-state index in [4.69, 9.17) is 9.15 Å². The summed E-state index contributed by atoms with van der Waals surface area (Å²) in [6.07, 6.45) is 2.10. The third kappa shape index (κ3) is 3.97. The van der Waals surface area contributed by atoms with Crippen molar-refractivity contribution in [3.05, 3.63) is 65.9 Å². The number of hydrogen-bond acceptors (Lipinski definition) is 5. The molecule has 3 aromatic rings. The number of nitrogens with zero attached hydrogens (tertiary/aromatic N) is 2. The number of nitrogens with one attached hydrogen (secondary N) is 1. The second-order valence-corrected chi connectivity index (χ2v) is 9.09. The Kier molecular flexibility index (Phi) is 5.58. The standard InChI is InChI=1S/C26H29N3O4/c1-28-24(30)26(27-25(28)31,16-18-6-5-8-21(14-18)32-2)20-10-12-29(13-11-20)17-22-15-19-7-3-4-9-23(19)33-22/h3-9,14-15,20H,10-13,16-17H2,1-2H3,(H,27,31). The van der Waals surface area contributed by atoms with E-state index in [1.807, 2.05) is 42.5 Å². The van der Waals surface area contributed by atoms with Crippen LogP contribution < -0.4 is 10.1 Å². The molecule has 3 amide bonds. The Labute approximate surface area is 193 Å². The number of urea groups is 1. The molecule has 3 heterocycles. The fourth-order valence-corrected chi connectivity index (χ4v) is 5.28. The van der Waals surface area contributed by atoms with Gasteiger partial charge in [-0.2, -0.15) is 0 Å². The highest BCUT2D eigenvalue weighted by atomic mass is 16.5. The molecule has 1 unspecified atom stereocenters. The second-order valence-electron chi connectivity index (χ2n) is 9.09. The maximum absolute atomic E-state index is 13.4. The molecule has 7 nitrogen and oxygen atoms in total. The van der Waals surface area contributed by atoms with Gasteiger partial charge in [-0.1, -0.05) is 30.3 Å². The van der Waals surface area contributed by atoms with E-state index in [2.05, 4.69) is 22.3 Å². The van der Waals surface area contributed by atoms with Crippen LogP contribution in [0.2, 0.25) is 0 Å². The number of likely N-dealkylation sites (tertiary alicyclic amines) is 1. The van der Waals surface area contributed by atoms with Crippen LogP contribution in [0.4, 0.5) is 4.79 Å². The van der Waals surface area contributed by atoms with Gasteiger partial charge in [0.1, 0.15) is 22.6 Å². The van der Waals surface area contributed by atoms with E-state index in [9.17, 15) is 9.59 Å². The molecule has 0 saturated carbocycles. The van der Waals surface area contributed by atoms with Crippen molar-refractivity contribution >= 4 is 22.9 Å². The highest BCUT2D eigenvalue weighted by Crippen LogP contribution is 2.37. The van der Waals surface area contributed by atoms with Gasteiger partial charge in [0.05, 0.1) is 13.7 Å². The number of benzene rings is 2. The number of rotatable bonds is 6. The first kappa shape index (κ1) is 21.5. The Bertz CT molecular complexity index is 1150. The third-order valence-corrected chi connectivity index (χ3v) is 7.08. The van der Waals surface area contributed by atoms with Gasteiger partial charge in [0.25, 0.3) is 5.91 Å². The summed E-state index contributed by atoms with van der Waals surface area (Å²) >= 11 is 0. The number of fused-ring (bicyclic) bond motifs is 1. The van der Waals surface area contributed by atoms with Gasteiger partial charge < -0.3 is 14.5 Å². The summed E-state index contributed by atoms with van der Waals surface area (Å²) in [5, 5.41) is 4.18. The highest BCUT2D eigenvalue weighted by molar-refractivity contribution is 6.07. The number of para-hydroxylation sites is 1. The molecule has 1 N–H and O–H groups in total. The molecule has 2 aromatic carbocycles. The number of methoxy groups -OCH3 is 1. The lowest BCUT2D eigenvalue weighted by atomic mass is 9.74. The molecule has 1 aromatic heterocycles. The molecule has 0 bridgehead atoms. The summed E-state index contributed by atoms with van der Waals surface area (Å²) in [6.45, 7) is 2.42. The van der Waals surface area contributed by atoms with Crippen molar-refractivity contribution < 1.29 is 18.7 Å². The van der Waals surface area contributed by atoms with Crippen LogP contribution in [0.3, 0.4) is 0 Å². The monoisotopic (exact) mass is 447 g/mol. The van der Waals surface area contributed by atoms with E-state index in [-0.39, 0.29) is 17.9 Å². The Morgan fingerprint density at radius 2 is 1.88 bits per heavy atom. The Morgan fingerprint density at radius 1 is 1.09 bits per heavy atom. The number of carbonyl (C=O) groups is 2. The van der Waals surface area contributed by atoms with Crippen LogP contribution in [0.15, 0.2) is 59.0 Å². The molecule has 33 heavy (non-hydrogen) atoms.